The van der Waals surface area contributed by atoms with Crippen molar-refractivity contribution in [2.24, 2.45) is 5.92 Å². The van der Waals surface area contributed by atoms with E-state index in [2.05, 4.69) is 5.32 Å². The first kappa shape index (κ1) is 24.0. The van der Waals surface area contributed by atoms with Crippen molar-refractivity contribution in [1.82, 2.24) is 0 Å². The van der Waals surface area contributed by atoms with Crippen LogP contribution in [0.3, 0.4) is 0 Å². The molecule has 7 heteroatoms. The van der Waals surface area contributed by atoms with Gasteiger partial charge in [-0.15, -0.1) is 0 Å². The van der Waals surface area contributed by atoms with Crippen LogP contribution in [0.25, 0.3) is 0 Å². The molecule has 6 rings (SSSR count). The number of carbonyl (C=O) groups is 2. The van der Waals surface area contributed by atoms with Crippen LogP contribution in [0.1, 0.15) is 34.8 Å². The zero-order valence-electron chi connectivity index (χ0n) is 20.0. The Labute approximate surface area is 209 Å². The molecule has 3 aliphatic rings. The van der Waals surface area contributed by atoms with Gasteiger partial charge >= 0.3 is 5.97 Å². The monoisotopic (exact) mass is 489 g/mol. The van der Waals surface area contributed by atoms with Crippen LogP contribution in [0, 0.1) is 11.7 Å². The van der Waals surface area contributed by atoms with Gasteiger partial charge in [0.15, 0.2) is 12.1 Å². The zero-order chi connectivity index (χ0) is 25.1. The number of hydrogen-bond acceptors (Lipinski definition) is 5. The summed E-state index contributed by atoms with van der Waals surface area (Å²) in [5.74, 6) is -0.290. The van der Waals surface area contributed by atoms with Gasteiger partial charge in [-0.05, 0) is 54.1 Å². The molecule has 0 aromatic heterocycles. The van der Waals surface area contributed by atoms with Gasteiger partial charge in [-0.2, -0.15) is 0 Å². The summed E-state index contributed by atoms with van der Waals surface area (Å²) in [4.78, 5) is 26.5. The molecular weight excluding hydrogens is 459 g/mol. The average molecular weight is 490 g/mol. The minimum Gasteiger partial charge on any atom is -0.508 e. The van der Waals surface area contributed by atoms with E-state index in [9.17, 15) is 19.1 Å². The van der Waals surface area contributed by atoms with Gasteiger partial charge in [0.25, 0.3) is 0 Å². The van der Waals surface area contributed by atoms with Crippen LogP contribution in [0.4, 0.5) is 10.1 Å². The first-order valence-corrected chi connectivity index (χ1v) is 12.4. The van der Waals surface area contributed by atoms with Crippen molar-refractivity contribution in [2.45, 2.75) is 25.0 Å². The number of piperidine rings is 3. The van der Waals surface area contributed by atoms with Gasteiger partial charge < -0.3 is 19.6 Å². The summed E-state index contributed by atoms with van der Waals surface area (Å²) in [5.41, 5.74) is 1.97. The van der Waals surface area contributed by atoms with Gasteiger partial charge in [-0.3, -0.25) is 4.79 Å². The van der Waals surface area contributed by atoms with E-state index in [0.717, 1.165) is 31.5 Å². The Morgan fingerprint density at radius 3 is 2.31 bits per heavy atom. The highest BCUT2D eigenvalue weighted by molar-refractivity contribution is 5.97. The highest BCUT2D eigenvalue weighted by Gasteiger charge is 2.49. The van der Waals surface area contributed by atoms with Crippen LogP contribution in [0.2, 0.25) is 0 Å². The molecule has 2 N–H and O–H groups in total. The highest BCUT2D eigenvalue weighted by atomic mass is 19.1. The molecule has 0 aliphatic carbocycles. The molecule has 36 heavy (non-hydrogen) atoms. The Hall–Kier alpha value is -3.71. The molecule has 2 unspecified atom stereocenters. The lowest BCUT2D eigenvalue weighted by Gasteiger charge is -2.51. The van der Waals surface area contributed by atoms with Crippen LogP contribution in [-0.4, -0.2) is 53.6 Å². The van der Waals surface area contributed by atoms with Crippen molar-refractivity contribution in [3.8, 4) is 5.75 Å². The third-order valence-corrected chi connectivity index (χ3v) is 7.50. The summed E-state index contributed by atoms with van der Waals surface area (Å²) < 4.78 is 20.1. The van der Waals surface area contributed by atoms with E-state index < -0.39 is 6.04 Å². The highest BCUT2D eigenvalue weighted by Crippen LogP contribution is 2.37. The maximum Gasteiger partial charge on any atom is 0.333 e. The number of halogens is 1. The van der Waals surface area contributed by atoms with Crippen LogP contribution in [-0.2, 0) is 9.53 Å². The third-order valence-electron chi connectivity index (χ3n) is 7.50. The summed E-state index contributed by atoms with van der Waals surface area (Å²) >= 11 is 0. The minimum atomic E-state index is -0.737. The summed E-state index contributed by atoms with van der Waals surface area (Å²) in [5, 5.41) is 12.7. The molecule has 0 radical (unpaired) electrons. The minimum absolute atomic E-state index is 0.0283. The van der Waals surface area contributed by atoms with E-state index in [1.807, 2.05) is 30.3 Å². The zero-order valence-corrected chi connectivity index (χ0v) is 20.0. The number of nitrogens with zero attached hydrogens (tertiary/aromatic N) is 1. The molecule has 186 valence electrons. The first-order chi connectivity index (χ1) is 17.4. The van der Waals surface area contributed by atoms with Crippen molar-refractivity contribution >= 4 is 17.4 Å². The number of Topliss-reactive ketones (excluding diaryl/α,β-unsaturated/α-hetero) is 1. The SMILES string of the molecule is O=C(C[N+]12CCC(CC1)C(OC(=O)C(Nc1ccc(F)cc1)c1ccccc1)C2)c1ccc(O)cc1. The molecule has 3 aromatic rings. The number of anilines is 1. The molecule has 0 saturated carbocycles. The first-order valence-electron chi connectivity index (χ1n) is 12.4. The van der Waals surface area contributed by atoms with Crippen molar-refractivity contribution in [2.75, 3.05) is 31.5 Å². The number of benzene rings is 3. The van der Waals surface area contributed by atoms with E-state index in [1.54, 1.807) is 24.3 Å². The average Bonchev–Trinajstić information content (AvgIpc) is 2.89. The number of carbonyl (C=O) groups excluding carboxylic acids is 2. The number of quaternary nitrogens is 1. The molecule has 3 fully saturated rings. The molecule has 3 aromatic carbocycles. The van der Waals surface area contributed by atoms with Crippen molar-refractivity contribution < 1.29 is 28.3 Å². The standard InChI is InChI=1S/C29H29FN2O4/c30-23-8-10-24(11-9-23)31-28(22-4-2-1-3-5-22)29(35)36-27-19-32(16-14-21(27)15-17-32)18-26(34)20-6-12-25(33)13-7-20/h1-13,21,27-28,31H,14-19H2/p+1. The van der Waals surface area contributed by atoms with Crippen LogP contribution in [0.15, 0.2) is 78.9 Å². The molecule has 3 aliphatic heterocycles. The molecule has 2 atom stereocenters. The lowest BCUT2D eigenvalue weighted by Crippen LogP contribution is -2.65. The van der Waals surface area contributed by atoms with Crippen molar-refractivity contribution in [1.29, 1.82) is 0 Å². The molecule has 2 bridgehead atoms. The van der Waals surface area contributed by atoms with Gasteiger partial charge in [0, 0.05) is 30.0 Å². The maximum absolute atomic E-state index is 13.5. The summed E-state index contributed by atoms with van der Waals surface area (Å²) in [6.45, 7) is 2.73. The Balaban J connectivity index is 1.31. The summed E-state index contributed by atoms with van der Waals surface area (Å²) in [6, 6.07) is 20.9. The normalized spacial score (nSPS) is 23.6. The van der Waals surface area contributed by atoms with Crippen LogP contribution < -0.4 is 5.32 Å². The molecule has 0 amide bonds. The Kier molecular flexibility index (Phi) is 6.74. The second-order valence-corrected chi connectivity index (χ2v) is 9.91. The van der Waals surface area contributed by atoms with Crippen molar-refractivity contribution in [3.05, 3.63) is 95.8 Å². The molecular formula is C29H30FN2O4+. The lowest BCUT2D eigenvalue weighted by molar-refractivity contribution is -0.938. The van der Waals surface area contributed by atoms with Crippen molar-refractivity contribution in [3.63, 3.8) is 0 Å². The van der Waals surface area contributed by atoms with Gasteiger partial charge in [-0.1, -0.05) is 30.3 Å². The topological polar surface area (TPSA) is 75.6 Å². The predicted octanol–water partition coefficient (Wildman–Crippen LogP) is 4.72. The second kappa shape index (κ2) is 10.1. The fraction of sp³-hybridized carbons (Fsp3) is 0.310. The van der Waals surface area contributed by atoms with Gasteiger partial charge in [-0.25, -0.2) is 9.18 Å². The number of nitrogens with one attached hydrogen (secondary N) is 1. The second-order valence-electron chi connectivity index (χ2n) is 9.91. The third kappa shape index (κ3) is 5.26. The summed E-state index contributed by atoms with van der Waals surface area (Å²) in [7, 11) is 0. The molecule has 0 spiro atoms. The van der Waals surface area contributed by atoms with E-state index in [0.29, 0.717) is 28.8 Å². The lowest BCUT2D eigenvalue weighted by atomic mass is 9.82. The fourth-order valence-electron chi connectivity index (χ4n) is 5.47. The van der Waals surface area contributed by atoms with Gasteiger partial charge in [0.1, 0.15) is 24.7 Å². The number of fused-ring (bicyclic) bond motifs is 3. The molecule has 3 saturated heterocycles. The molecule has 3 heterocycles. The fourth-order valence-corrected chi connectivity index (χ4v) is 5.47. The number of phenolic OH excluding ortho intramolecular Hbond substituents is 1. The van der Waals surface area contributed by atoms with E-state index in [4.69, 9.17) is 4.74 Å². The smallest absolute Gasteiger partial charge is 0.333 e. The Morgan fingerprint density at radius 2 is 1.64 bits per heavy atom. The summed E-state index contributed by atoms with van der Waals surface area (Å²) in [6.07, 6.45) is 1.54. The number of hydrogen-bond donors (Lipinski definition) is 2. The molecule has 6 nitrogen and oxygen atoms in total. The van der Waals surface area contributed by atoms with Gasteiger partial charge in [0.05, 0.1) is 13.1 Å². The Morgan fingerprint density at radius 1 is 0.972 bits per heavy atom. The number of aromatic hydroxyl groups is 1. The van der Waals surface area contributed by atoms with E-state index >= 15 is 0 Å². The number of ether oxygens (including phenoxy) is 1. The quantitative estimate of drug-likeness (QED) is 0.272. The van der Waals surface area contributed by atoms with E-state index in [1.165, 1.54) is 24.3 Å². The number of ketones is 1. The largest absolute Gasteiger partial charge is 0.508 e. The van der Waals surface area contributed by atoms with Crippen LogP contribution >= 0.6 is 0 Å². The predicted molar refractivity (Wildman–Crippen MR) is 134 cm³/mol. The maximum atomic E-state index is 13.5. The number of phenols is 1. The van der Waals surface area contributed by atoms with Gasteiger partial charge in [0.2, 0.25) is 5.78 Å². The van der Waals surface area contributed by atoms with E-state index in [-0.39, 0.29) is 35.3 Å². The number of esters is 1. The van der Waals surface area contributed by atoms with Crippen LogP contribution in [0.5, 0.6) is 5.75 Å². The number of rotatable bonds is 8. The Bertz CT molecular complexity index is 1210.